The minimum absolute atomic E-state index is 0.604. The number of likely N-dealkylation sites (N-methyl/N-ethyl adjacent to an activating group) is 2. The van der Waals surface area contributed by atoms with E-state index in [4.69, 9.17) is 18.9 Å². The van der Waals surface area contributed by atoms with Gasteiger partial charge >= 0.3 is 0 Å². The maximum Gasteiger partial charge on any atom is 0.0701 e. The summed E-state index contributed by atoms with van der Waals surface area (Å²) in [6, 6.07) is 0. The molecule has 0 saturated heterocycles. The Kier molecular flexibility index (Phi) is 15.6. The summed E-state index contributed by atoms with van der Waals surface area (Å²) < 4.78 is 21.4. The van der Waals surface area contributed by atoms with Crippen molar-refractivity contribution in [1.82, 2.24) is 10.2 Å². The van der Waals surface area contributed by atoms with E-state index in [1.54, 1.807) is 0 Å². The lowest BCUT2D eigenvalue weighted by molar-refractivity contribution is -0.00249. The summed E-state index contributed by atoms with van der Waals surface area (Å²) in [5, 5.41) is 3.01. The summed E-state index contributed by atoms with van der Waals surface area (Å²) in [6.07, 6.45) is 0. The van der Waals surface area contributed by atoms with Crippen LogP contribution in [-0.4, -0.2) is 92.0 Å². The highest BCUT2D eigenvalue weighted by Crippen LogP contribution is 1.83. The van der Waals surface area contributed by atoms with Crippen molar-refractivity contribution < 1.29 is 18.9 Å². The second-order valence-corrected chi connectivity index (χ2v) is 4.36. The fourth-order valence-corrected chi connectivity index (χ4v) is 1.18. The Morgan fingerprint density at radius 1 is 0.684 bits per heavy atom. The molecular weight excluding hydrogens is 248 g/mol. The highest BCUT2D eigenvalue weighted by Gasteiger charge is 1.93. The van der Waals surface area contributed by atoms with Crippen molar-refractivity contribution in [2.45, 2.75) is 0 Å². The largest absolute Gasteiger partial charge is 0.378 e. The van der Waals surface area contributed by atoms with E-state index in [2.05, 4.69) is 10.2 Å². The molecule has 0 amide bonds. The molecule has 1 N–H and O–H groups in total. The Hall–Kier alpha value is -0.240. The molecule has 6 heteroatoms. The fourth-order valence-electron chi connectivity index (χ4n) is 1.18. The summed E-state index contributed by atoms with van der Waals surface area (Å²) in [6.45, 7) is 7.00. The number of hydrogen-bond donors (Lipinski definition) is 1. The average Bonchev–Trinajstić information content (AvgIpc) is 2.39. The zero-order chi connectivity index (χ0) is 14.2. The van der Waals surface area contributed by atoms with E-state index >= 15 is 0 Å². The SMILES string of the molecule is CNCCOCCOCCOCCOCCN(C)C. The van der Waals surface area contributed by atoms with Crippen LogP contribution < -0.4 is 5.32 Å². The number of ether oxygens (including phenoxy) is 4. The smallest absolute Gasteiger partial charge is 0.0701 e. The molecule has 0 aliphatic carbocycles. The van der Waals surface area contributed by atoms with Crippen molar-refractivity contribution in [2.75, 3.05) is 87.1 Å². The van der Waals surface area contributed by atoms with Gasteiger partial charge in [0.15, 0.2) is 0 Å². The maximum atomic E-state index is 5.39. The van der Waals surface area contributed by atoms with E-state index in [-0.39, 0.29) is 0 Å². The van der Waals surface area contributed by atoms with E-state index < -0.39 is 0 Å². The molecule has 0 atom stereocenters. The maximum absolute atomic E-state index is 5.39. The summed E-state index contributed by atoms with van der Waals surface area (Å²) in [7, 11) is 5.96. The Morgan fingerprint density at radius 3 is 1.53 bits per heavy atom. The fraction of sp³-hybridized carbons (Fsp3) is 1.00. The molecule has 0 unspecified atom stereocenters. The van der Waals surface area contributed by atoms with Crippen molar-refractivity contribution in [3.05, 3.63) is 0 Å². The van der Waals surface area contributed by atoms with Gasteiger partial charge in [-0.25, -0.2) is 0 Å². The highest BCUT2D eigenvalue weighted by atomic mass is 16.6. The zero-order valence-electron chi connectivity index (χ0n) is 12.7. The van der Waals surface area contributed by atoms with Crippen molar-refractivity contribution in [3.63, 3.8) is 0 Å². The lowest BCUT2D eigenvalue weighted by Crippen LogP contribution is -2.19. The van der Waals surface area contributed by atoms with Crippen LogP contribution in [0.25, 0.3) is 0 Å². The van der Waals surface area contributed by atoms with Crippen LogP contribution in [0.2, 0.25) is 0 Å². The van der Waals surface area contributed by atoms with E-state index in [9.17, 15) is 0 Å². The first-order valence-corrected chi connectivity index (χ1v) is 6.87. The lowest BCUT2D eigenvalue weighted by atomic mass is 10.6. The first-order chi connectivity index (χ1) is 9.27. The molecule has 0 radical (unpaired) electrons. The van der Waals surface area contributed by atoms with Crippen molar-refractivity contribution in [2.24, 2.45) is 0 Å². The van der Waals surface area contributed by atoms with Gasteiger partial charge in [-0.15, -0.1) is 0 Å². The van der Waals surface area contributed by atoms with Crippen LogP contribution in [0.4, 0.5) is 0 Å². The number of rotatable bonds is 15. The van der Waals surface area contributed by atoms with Gasteiger partial charge in [-0.1, -0.05) is 0 Å². The summed E-state index contributed by atoms with van der Waals surface area (Å²) >= 11 is 0. The monoisotopic (exact) mass is 278 g/mol. The second-order valence-electron chi connectivity index (χ2n) is 4.36. The highest BCUT2D eigenvalue weighted by molar-refractivity contribution is 4.40. The normalized spacial score (nSPS) is 11.4. The van der Waals surface area contributed by atoms with Crippen LogP contribution in [0.5, 0.6) is 0 Å². The predicted molar refractivity (Wildman–Crippen MR) is 75.8 cm³/mol. The molecule has 0 bridgehead atoms. The standard InChI is InChI=1S/C13H30N2O4/c1-14-4-6-16-8-10-18-12-13-19-11-9-17-7-5-15(2)3/h14H,4-13H2,1-3H3. The molecule has 0 rings (SSSR count). The van der Waals surface area contributed by atoms with E-state index in [1.165, 1.54) is 0 Å². The van der Waals surface area contributed by atoms with Crippen LogP contribution in [0, 0.1) is 0 Å². The molecule has 19 heavy (non-hydrogen) atoms. The van der Waals surface area contributed by atoms with Gasteiger partial charge in [-0.3, -0.25) is 0 Å². The van der Waals surface area contributed by atoms with Gasteiger partial charge in [-0.05, 0) is 21.1 Å². The van der Waals surface area contributed by atoms with E-state index in [1.807, 2.05) is 21.1 Å². The lowest BCUT2D eigenvalue weighted by Gasteiger charge is -2.10. The Balaban J connectivity index is 2.91. The average molecular weight is 278 g/mol. The first-order valence-electron chi connectivity index (χ1n) is 6.87. The van der Waals surface area contributed by atoms with Crippen molar-refractivity contribution in [3.8, 4) is 0 Å². The predicted octanol–water partition coefficient (Wildman–Crippen LogP) is -0.166. The van der Waals surface area contributed by atoms with Crippen molar-refractivity contribution in [1.29, 1.82) is 0 Å². The van der Waals surface area contributed by atoms with Crippen LogP contribution in [0.3, 0.4) is 0 Å². The first kappa shape index (κ1) is 18.8. The van der Waals surface area contributed by atoms with Gasteiger partial charge in [-0.2, -0.15) is 0 Å². The van der Waals surface area contributed by atoms with Crippen LogP contribution in [0.1, 0.15) is 0 Å². The van der Waals surface area contributed by atoms with Gasteiger partial charge < -0.3 is 29.2 Å². The molecule has 116 valence electrons. The molecule has 0 aromatic carbocycles. The van der Waals surface area contributed by atoms with Gasteiger partial charge in [0.2, 0.25) is 0 Å². The number of nitrogens with one attached hydrogen (secondary N) is 1. The third kappa shape index (κ3) is 17.8. The summed E-state index contributed by atoms with van der Waals surface area (Å²) in [4.78, 5) is 2.09. The number of hydrogen-bond acceptors (Lipinski definition) is 6. The quantitative estimate of drug-likeness (QED) is 0.420. The Morgan fingerprint density at radius 2 is 1.11 bits per heavy atom. The zero-order valence-corrected chi connectivity index (χ0v) is 12.7. The van der Waals surface area contributed by atoms with Crippen LogP contribution in [0.15, 0.2) is 0 Å². The minimum atomic E-state index is 0.604. The van der Waals surface area contributed by atoms with Gasteiger partial charge in [0.05, 0.1) is 52.9 Å². The molecule has 0 spiro atoms. The molecule has 0 heterocycles. The molecule has 0 aliphatic heterocycles. The molecule has 0 fully saturated rings. The Bertz CT molecular complexity index is 171. The van der Waals surface area contributed by atoms with Crippen LogP contribution >= 0.6 is 0 Å². The molecule has 0 aromatic heterocycles. The molecule has 0 saturated carbocycles. The topological polar surface area (TPSA) is 52.2 Å². The third-order valence-electron chi connectivity index (χ3n) is 2.30. The van der Waals surface area contributed by atoms with Crippen LogP contribution in [-0.2, 0) is 18.9 Å². The van der Waals surface area contributed by atoms with Gasteiger partial charge in [0.25, 0.3) is 0 Å². The minimum Gasteiger partial charge on any atom is -0.378 e. The molecular formula is C13H30N2O4. The van der Waals surface area contributed by atoms with Gasteiger partial charge in [0.1, 0.15) is 0 Å². The van der Waals surface area contributed by atoms with Crippen molar-refractivity contribution >= 4 is 0 Å². The van der Waals surface area contributed by atoms with Gasteiger partial charge in [0, 0.05) is 13.1 Å². The third-order valence-corrected chi connectivity index (χ3v) is 2.30. The van der Waals surface area contributed by atoms with E-state index in [0.717, 1.165) is 26.3 Å². The molecule has 0 aliphatic rings. The Labute approximate surface area is 117 Å². The summed E-state index contributed by atoms with van der Waals surface area (Å²) in [5.41, 5.74) is 0. The van der Waals surface area contributed by atoms with E-state index in [0.29, 0.717) is 39.6 Å². The molecule has 0 aromatic rings. The molecule has 6 nitrogen and oxygen atoms in total. The second kappa shape index (κ2) is 15.8. The summed E-state index contributed by atoms with van der Waals surface area (Å²) in [5.74, 6) is 0. The number of nitrogens with zero attached hydrogens (tertiary/aromatic N) is 1.